The van der Waals surface area contributed by atoms with Crippen LogP contribution < -0.4 is 5.32 Å². The maximum Gasteiger partial charge on any atom is 0.126 e. The summed E-state index contributed by atoms with van der Waals surface area (Å²) in [5.74, 6) is -1.08. The molecule has 2 nitrogen and oxygen atoms in total. The van der Waals surface area contributed by atoms with Gasteiger partial charge < -0.3 is 10.1 Å². The first-order chi connectivity index (χ1) is 8.17. The number of methoxy groups -OCH3 is 1. The van der Waals surface area contributed by atoms with Gasteiger partial charge in [-0.05, 0) is 37.1 Å². The summed E-state index contributed by atoms with van der Waals surface area (Å²) in [5.41, 5.74) is 0.632. The molecule has 0 aliphatic heterocycles. The molecule has 0 spiro atoms. The van der Waals surface area contributed by atoms with E-state index in [0.717, 1.165) is 19.0 Å². The first kappa shape index (κ1) is 14.1. The van der Waals surface area contributed by atoms with E-state index >= 15 is 0 Å². The number of ether oxygens (including phenoxy) is 1. The van der Waals surface area contributed by atoms with Gasteiger partial charge >= 0.3 is 0 Å². The van der Waals surface area contributed by atoms with Crippen molar-refractivity contribution in [2.45, 2.75) is 25.8 Å². The summed E-state index contributed by atoms with van der Waals surface area (Å²) in [7, 11) is 1.61. The van der Waals surface area contributed by atoms with Gasteiger partial charge in [-0.3, -0.25) is 0 Å². The van der Waals surface area contributed by atoms with Gasteiger partial charge in [0, 0.05) is 25.8 Å². The largest absolute Gasteiger partial charge is 0.385 e. The van der Waals surface area contributed by atoms with Gasteiger partial charge in [0.1, 0.15) is 11.6 Å². The van der Waals surface area contributed by atoms with Crippen molar-refractivity contribution in [1.29, 1.82) is 0 Å². The maximum atomic E-state index is 13.1. The molecule has 0 bridgehead atoms. The normalized spacial score (nSPS) is 12.7. The average Bonchev–Trinajstić information content (AvgIpc) is 2.28. The molecule has 0 amide bonds. The van der Waals surface area contributed by atoms with Gasteiger partial charge in [-0.1, -0.05) is 6.92 Å². The zero-order valence-electron chi connectivity index (χ0n) is 10.3. The standard InChI is InChI=1S/C13H19F2NO/c1-3-5-16-13(4-6-17-2)10-7-11(14)9-12(15)8-10/h7-9,13,16H,3-6H2,1-2H3. The van der Waals surface area contributed by atoms with Gasteiger partial charge in [0.15, 0.2) is 0 Å². The second kappa shape index (κ2) is 7.35. The molecule has 0 saturated carbocycles. The van der Waals surface area contributed by atoms with Gasteiger partial charge in [-0.25, -0.2) is 8.78 Å². The molecular formula is C13H19F2NO. The molecule has 1 atom stereocenters. The van der Waals surface area contributed by atoms with Crippen LogP contribution in [0, 0.1) is 11.6 Å². The van der Waals surface area contributed by atoms with E-state index in [1.165, 1.54) is 12.1 Å². The van der Waals surface area contributed by atoms with Crippen molar-refractivity contribution in [2.24, 2.45) is 0 Å². The molecule has 0 aliphatic rings. The minimum absolute atomic E-state index is 0.0694. The third kappa shape index (κ3) is 4.79. The van der Waals surface area contributed by atoms with Crippen molar-refractivity contribution >= 4 is 0 Å². The molecule has 0 saturated heterocycles. The van der Waals surface area contributed by atoms with Crippen LogP contribution in [0.5, 0.6) is 0 Å². The van der Waals surface area contributed by atoms with Gasteiger partial charge in [-0.2, -0.15) is 0 Å². The van der Waals surface area contributed by atoms with Crippen molar-refractivity contribution in [3.63, 3.8) is 0 Å². The van der Waals surface area contributed by atoms with Gasteiger partial charge in [0.25, 0.3) is 0 Å². The van der Waals surface area contributed by atoms with E-state index in [4.69, 9.17) is 4.74 Å². The Morgan fingerprint density at radius 3 is 2.41 bits per heavy atom. The Bertz CT molecular complexity index is 316. The van der Waals surface area contributed by atoms with Crippen molar-refractivity contribution in [1.82, 2.24) is 5.32 Å². The first-order valence-corrected chi connectivity index (χ1v) is 5.85. The SMILES string of the molecule is CCCNC(CCOC)c1cc(F)cc(F)c1. The quantitative estimate of drug-likeness (QED) is 0.794. The molecule has 96 valence electrons. The topological polar surface area (TPSA) is 21.3 Å². The number of rotatable bonds is 7. The number of halogens is 2. The van der Waals surface area contributed by atoms with Crippen LogP contribution in [0.25, 0.3) is 0 Å². The number of hydrogen-bond acceptors (Lipinski definition) is 2. The molecule has 1 aromatic rings. The van der Waals surface area contributed by atoms with Crippen LogP contribution in [0.3, 0.4) is 0 Å². The van der Waals surface area contributed by atoms with E-state index in [1.54, 1.807) is 7.11 Å². The Morgan fingerprint density at radius 2 is 1.88 bits per heavy atom. The summed E-state index contributed by atoms with van der Waals surface area (Å²) in [4.78, 5) is 0. The maximum absolute atomic E-state index is 13.1. The van der Waals surface area contributed by atoms with Crippen molar-refractivity contribution in [3.8, 4) is 0 Å². The van der Waals surface area contributed by atoms with Crippen LogP contribution in [0.4, 0.5) is 8.78 Å². The number of nitrogens with one attached hydrogen (secondary N) is 1. The van der Waals surface area contributed by atoms with Crippen molar-refractivity contribution in [2.75, 3.05) is 20.3 Å². The molecule has 1 N–H and O–H groups in total. The molecule has 1 aromatic carbocycles. The first-order valence-electron chi connectivity index (χ1n) is 5.85. The van der Waals surface area contributed by atoms with E-state index < -0.39 is 11.6 Å². The highest BCUT2D eigenvalue weighted by Crippen LogP contribution is 2.19. The van der Waals surface area contributed by atoms with Crippen molar-refractivity contribution < 1.29 is 13.5 Å². The van der Waals surface area contributed by atoms with Crippen LogP contribution in [-0.2, 0) is 4.74 Å². The molecule has 17 heavy (non-hydrogen) atoms. The summed E-state index contributed by atoms with van der Waals surface area (Å²) in [6.45, 7) is 3.42. The summed E-state index contributed by atoms with van der Waals surface area (Å²) >= 11 is 0. The molecule has 1 rings (SSSR count). The fourth-order valence-electron chi connectivity index (χ4n) is 1.72. The zero-order valence-corrected chi connectivity index (χ0v) is 10.3. The predicted molar refractivity (Wildman–Crippen MR) is 63.9 cm³/mol. The van der Waals surface area contributed by atoms with E-state index in [0.29, 0.717) is 18.6 Å². The molecule has 0 fully saturated rings. The highest BCUT2D eigenvalue weighted by atomic mass is 19.1. The predicted octanol–water partition coefficient (Wildman–Crippen LogP) is 3.04. The number of benzene rings is 1. The van der Waals surface area contributed by atoms with E-state index in [-0.39, 0.29) is 6.04 Å². The Labute approximate surface area is 101 Å². The molecule has 0 aliphatic carbocycles. The highest BCUT2D eigenvalue weighted by Gasteiger charge is 2.12. The molecule has 0 radical (unpaired) electrons. The lowest BCUT2D eigenvalue weighted by atomic mass is 10.0. The second-order valence-corrected chi connectivity index (χ2v) is 3.99. The monoisotopic (exact) mass is 243 g/mol. The molecule has 4 heteroatoms. The minimum Gasteiger partial charge on any atom is -0.385 e. The average molecular weight is 243 g/mol. The Balaban J connectivity index is 2.78. The molecule has 0 heterocycles. The van der Waals surface area contributed by atoms with E-state index in [9.17, 15) is 8.78 Å². The lowest BCUT2D eigenvalue weighted by Crippen LogP contribution is -2.23. The number of hydrogen-bond donors (Lipinski definition) is 1. The second-order valence-electron chi connectivity index (χ2n) is 3.99. The van der Waals surface area contributed by atoms with Gasteiger partial charge in [0.2, 0.25) is 0 Å². The molecule has 0 aromatic heterocycles. The smallest absolute Gasteiger partial charge is 0.126 e. The zero-order chi connectivity index (χ0) is 12.7. The van der Waals surface area contributed by atoms with Crippen LogP contribution in [0.15, 0.2) is 18.2 Å². The third-order valence-corrected chi connectivity index (χ3v) is 2.54. The Kier molecular flexibility index (Phi) is 6.08. The van der Waals surface area contributed by atoms with E-state index in [1.807, 2.05) is 6.92 Å². The molecular weight excluding hydrogens is 224 g/mol. The molecule has 1 unspecified atom stereocenters. The van der Waals surface area contributed by atoms with Crippen LogP contribution in [0.1, 0.15) is 31.4 Å². The Hall–Kier alpha value is -1.00. The summed E-state index contributed by atoms with van der Waals surface area (Å²) in [5, 5.41) is 3.26. The summed E-state index contributed by atoms with van der Waals surface area (Å²) in [6, 6.07) is 3.55. The lowest BCUT2D eigenvalue weighted by molar-refractivity contribution is 0.183. The van der Waals surface area contributed by atoms with Crippen LogP contribution in [-0.4, -0.2) is 20.3 Å². The van der Waals surface area contributed by atoms with Gasteiger partial charge in [-0.15, -0.1) is 0 Å². The minimum atomic E-state index is -0.541. The highest BCUT2D eigenvalue weighted by molar-refractivity contribution is 5.21. The summed E-state index contributed by atoms with van der Waals surface area (Å²) in [6.07, 6.45) is 1.67. The van der Waals surface area contributed by atoms with Gasteiger partial charge in [0.05, 0.1) is 0 Å². The third-order valence-electron chi connectivity index (χ3n) is 2.54. The van der Waals surface area contributed by atoms with Crippen LogP contribution >= 0.6 is 0 Å². The van der Waals surface area contributed by atoms with Crippen molar-refractivity contribution in [3.05, 3.63) is 35.4 Å². The fourth-order valence-corrected chi connectivity index (χ4v) is 1.72. The van der Waals surface area contributed by atoms with E-state index in [2.05, 4.69) is 5.32 Å². The fraction of sp³-hybridized carbons (Fsp3) is 0.538. The summed E-state index contributed by atoms with van der Waals surface area (Å²) < 4.78 is 31.3. The Morgan fingerprint density at radius 1 is 1.24 bits per heavy atom. The van der Waals surface area contributed by atoms with Crippen LogP contribution in [0.2, 0.25) is 0 Å². The lowest BCUT2D eigenvalue weighted by Gasteiger charge is -2.18.